The second-order valence-corrected chi connectivity index (χ2v) is 3.49. The lowest BCUT2D eigenvalue weighted by Gasteiger charge is -2.11. The monoisotopic (exact) mass is 184 g/mol. The first-order chi connectivity index (χ1) is 6.09. The van der Waals surface area contributed by atoms with Crippen molar-refractivity contribution < 1.29 is 4.79 Å². The minimum absolute atomic E-state index is 0.0926. The van der Waals surface area contributed by atoms with Gasteiger partial charge in [-0.05, 0) is 12.8 Å². The van der Waals surface area contributed by atoms with Crippen LogP contribution in [0, 0.1) is 11.3 Å². The van der Waals surface area contributed by atoms with Crippen LogP contribution in [-0.4, -0.2) is 24.5 Å². The fourth-order valence-electron chi connectivity index (χ4n) is 0.820. The molecule has 2 amide bonds. The maximum Gasteiger partial charge on any atom is 0.315 e. The van der Waals surface area contributed by atoms with Crippen LogP contribution in [0.4, 0.5) is 4.79 Å². The van der Waals surface area contributed by atoms with Crippen molar-refractivity contribution >= 4 is 11.9 Å². The number of amides is 2. The van der Waals surface area contributed by atoms with Crippen LogP contribution in [0.25, 0.3) is 0 Å². The molecule has 1 saturated carbocycles. The Morgan fingerprint density at radius 3 is 2.77 bits per heavy atom. The van der Waals surface area contributed by atoms with E-state index in [2.05, 4.69) is 10.6 Å². The number of hydrogen-bond acceptors (Lipinski definition) is 2. The highest BCUT2D eigenvalue weighted by atomic mass is 16.2. The van der Waals surface area contributed by atoms with Crippen LogP contribution in [0.3, 0.4) is 0 Å². The molecule has 0 saturated heterocycles. The summed E-state index contributed by atoms with van der Waals surface area (Å²) in [7, 11) is 0. The first kappa shape index (κ1) is 9.83. The summed E-state index contributed by atoms with van der Waals surface area (Å²) in [5.74, 6) is 0.0108. The number of amidine groups is 1. The van der Waals surface area contributed by atoms with Gasteiger partial charge in [-0.1, -0.05) is 6.92 Å². The number of carbonyl (C=O) groups is 1. The van der Waals surface area contributed by atoms with Crippen LogP contribution in [0.2, 0.25) is 0 Å². The number of rotatable bonds is 4. The third-order valence-electron chi connectivity index (χ3n) is 2.01. The summed E-state index contributed by atoms with van der Waals surface area (Å²) in [6.07, 6.45) is 2.16. The van der Waals surface area contributed by atoms with Gasteiger partial charge in [0.05, 0.1) is 5.84 Å². The quantitative estimate of drug-likeness (QED) is 0.366. The topological polar surface area (TPSA) is 91.0 Å². The van der Waals surface area contributed by atoms with Gasteiger partial charge in [0.25, 0.3) is 0 Å². The summed E-state index contributed by atoms with van der Waals surface area (Å²) >= 11 is 0. The van der Waals surface area contributed by atoms with E-state index in [-0.39, 0.29) is 17.8 Å². The fraction of sp³-hybridized carbons (Fsp3) is 0.750. The molecule has 0 aromatic carbocycles. The summed E-state index contributed by atoms with van der Waals surface area (Å²) in [6, 6.07) is 0.211. The van der Waals surface area contributed by atoms with Crippen LogP contribution in [-0.2, 0) is 0 Å². The Kier molecular flexibility index (Phi) is 3.11. The molecule has 74 valence electrons. The Hall–Kier alpha value is -1.26. The van der Waals surface area contributed by atoms with Gasteiger partial charge < -0.3 is 16.4 Å². The minimum atomic E-state index is -0.157. The molecule has 0 heterocycles. The van der Waals surface area contributed by atoms with Crippen molar-refractivity contribution in [3.8, 4) is 0 Å². The first-order valence-corrected chi connectivity index (χ1v) is 4.48. The van der Waals surface area contributed by atoms with Crippen LogP contribution >= 0.6 is 0 Å². The molecule has 0 radical (unpaired) electrons. The zero-order valence-corrected chi connectivity index (χ0v) is 7.76. The standard InChI is InChI=1S/C8H16N4O/c1-5(7(9)10)4-11-8(13)12-6-2-3-6/h5-6H,2-4H2,1H3,(H3,9,10)(H2,11,12,13). The Morgan fingerprint density at radius 2 is 2.31 bits per heavy atom. The molecule has 1 aliphatic carbocycles. The van der Waals surface area contributed by atoms with Crippen molar-refractivity contribution in [3.05, 3.63) is 0 Å². The third-order valence-corrected chi connectivity index (χ3v) is 2.01. The number of nitrogens with two attached hydrogens (primary N) is 1. The Labute approximate surface area is 77.6 Å². The maximum absolute atomic E-state index is 11.1. The normalized spacial score (nSPS) is 17.6. The van der Waals surface area contributed by atoms with E-state index in [1.165, 1.54) is 0 Å². The number of hydrogen-bond donors (Lipinski definition) is 4. The molecule has 0 aliphatic heterocycles. The number of nitrogens with one attached hydrogen (secondary N) is 3. The zero-order valence-electron chi connectivity index (χ0n) is 7.76. The molecule has 0 spiro atoms. The average molecular weight is 184 g/mol. The first-order valence-electron chi connectivity index (χ1n) is 4.48. The lowest BCUT2D eigenvalue weighted by atomic mass is 10.1. The molecule has 13 heavy (non-hydrogen) atoms. The van der Waals surface area contributed by atoms with Gasteiger partial charge in [-0.15, -0.1) is 0 Å². The van der Waals surface area contributed by atoms with E-state index in [1.807, 2.05) is 0 Å². The second kappa shape index (κ2) is 4.11. The zero-order chi connectivity index (χ0) is 9.84. The van der Waals surface area contributed by atoms with E-state index in [9.17, 15) is 4.79 Å². The highest BCUT2D eigenvalue weighted by molar-refractivity contribution is 5.80. The third kappa shape index (κ3) is 3.78. The van der Waals surface area contributed by atoms with Gasteiger partial charge in [-0.2, -0.15) is 0 Å². The molecule has 0 aromatic rings. The van der Waals surface area contributed by atoms with Crippen molar-refractivity contribution in [2.75, 3.05) is 6.54 Å². The fourth-order valence-corrected chi connectivity index (χ4v) is 0.820. The molecule has 1 rings (SSSR count). The summed E-state index contributed by atoms with van der Waals surface area (Å²) in [5.41, 5.74) is 5.25. The van der Waals surface area contributed by atoms with E-state index < -0.39 is 0 Å². The molecular formula is C8H16N4O. The lowest BCUT2D eigenvalue weighted by molar-refractivity contribution is 0.240. The predicted molar refractivity (Wildman–Crippen MR) is 50.6 cm³/mol. The average Bonchev–Trinajstić information content (AvgIpc) is 2.83. The lowest BCUT2D eigenvalue weighted by Crippen LogP contribution is -2.41. The van der Waals surface area contributed by atoms with E-state index >= 15 is 0 Å². The highest BCUT2D eigenvalue weighted by Gasteiger charge is 2.23. The number of urea groups is 1. The van der Waals surface area contributed by atoms with Gasteiger partial charge in [0, 0.05) is 18.5 Å². The van der Waals surface area contributed by atoms with Crippen LogP contribution in [0.5, 0.6) is 0 Å². The molecule has 1 unspecified atom stereocenters. The van der Waals surface area contributed by atoms with E-state index in [4.69, 9.17) is 11.1 Å². The summed E-state index contributed by atoms with van der Waals surface area (Å²) in [5, 5.41) is 12.6. The van der Waals surface area contributed by atoms with Crippen LogP contribution < -0.4 is 16.4 Å². The minimum Gasteiger partial charge on any atom is -0.387 e. The molecule has 5 nitrogen and oxygen atoms in total. The Morgan fingerprint density at radius 1 is 1.69 bits per heavy atom. The van der Waals surface area contributed by atoms with Crippen LogP contribution in [0.15, 0.2) is 0 Å². The van der Waals surface area contributed by atoms with E-state index in [1.54, 1.807) is 6.92 Å². The summed E-state index contributed by atoms with van der Waals surface area (Å²) in [6.45, 7) is 2.23. The molecule has 5 N–H and O–H groups in total. The maximum atomic E-state index is 11.1. The van der Waals surface area contributed by atoms with Crippen molar-refractivity contribution in [1.29, 1.82) is 5.41 Å². The molecule has 5 heteroatoms. The van der Waals surface area contributed by atoms with E-state index in [0.29, 0.717) is 12.6 Å². The van der Waals surface area contributed by atoms with Gasteiger partial charge in [0.1, 0.15) is 0 Å². The Balaban J connectivity index is 2.09. The predicted octanol–water partition coefficient (Wildman–Crippen LogP) is 0.0201. The van der Waals surface area contributed by atoms with Gasteiger partial charge in [-0.25, -0.2) is 4.79 Å². The Bertz CT molecular complexity index is 212. The molecule has 1 atom stereocenters. The van der Waals surface area contributed by atoms with Crippen molar-refractivity contribution in [2.45, 2.75) is 25.8 Å². The molecular weight excluding hydrogens is 168 g/mol. The smallest absolute Gasteiger partial charge is 0.315 e. The molecule has 0 bridgehead atoms. The second-order valence-electron chi connectivity index (χ2n) is 3.49. The van der Waals surface area contributed by atoms with Crippen LogP contribution in [0.1, 0.15) is 19.8 Å². The van der Waals surface area contributed by atoms with Crippen molar-refractivity contribution in [1.82, 2.24) is 10.6 Å². The van der Waals surface area contributed by atoms with Gasteiger partial charge >= 0.3 is 6.03 Å². The van der Waals surface area contributed by atoms with E-state index in [0.717, 1.165) is 12.8 Å². The highest BCUT2D eigenvalue weighted by Crippen LogP contribution is 2.18. The summed E-state index contributed by atoms with van der Waals surface area (Å²) < 4.78 is 0. The van der Waals surface area contributed by atoms with Crippen molar-refractivity contribution in [2.24, 2.45) is 11.7 Å². The summed E-state index contributed by atoms with van der Waals surface area (Å²) in [4.78, 5) is 11.1. The molecule has 1 aliphatic rings. The number of carbonyl (C=O) groups excluding carboxylic acids is 1. The largest absolute Gasteiger partial charge is 0.387 e. The SMILES string of the molecule is CC(CNC(=O)NC1CC1)C(=N)N. The van der Waals surface area contributed by atoms with Crippen molar-refractivity contribution in [3.63, 3.8) is 0 Å². The van der Waals surface area contributed by atoms with Gasteiger partial charge in [0.2, 0.25) is 0 Å². The van der Waals surface area contributed by atoms with Gasteiger partial charge in [-0.3, -0.25) is 5.41 Å². The molecule has 0 aromatic heterocycles. The molecule has 1 fully saturated rings. The van der Waals surface area contributed by atoms with Gasteiger partial charge in [0.15, 0.2) is 0 Å².